The summed E-state index contributed by atoms with van der Waals surface area (Å²) in [7, 11) is 0. The van der Waals surface area contributed by atoms with E-state index in [1.807, 2.05) is 32.0 Å². The number of nitrogen functional groups attached to an aromatic ring is 1. The van der Waals surface area contributed by atoms with E-state index in [-0.39, 0.29) is 11.9 Å². The minimum absolute atomic E-state index is 0.129. The van der Waals surface area contributed by atoms with Gasteiger partial charge in [-0.2, -0.15) is 0 Å². The Kier molecular flexibility index (Phi) is 5.22. The molecule has 1 fully saturated rings. The van der Waals surface area contributed by atoms with Crippen molar-refractivity contribution in [2.75, 3.05) is 30.3 Å². The number of benzene rings is 1. The van der Waals surface area contributed by atoms with Crippen LogP contribution in [-0.2, 0) is 6.42 Å². The lowest BCUT2D eigenvalue weighted by Crippen LogP contribution is -2.46. The summed E-state index contributed by atoms with van der Waals surface area (Å²) < 4.78 is 6.02. The molecule has 2 aliphatic heterocycles. The molecule has 0 aliphatic carbocycles. The summed E-state index contributed by atoms with van der Waals surface area (Å²) in [6, 6.07) is 9.87. The van der Waals surface area contributed by atoms with Gasteiger partial charge in [-0.25, -0.2) is 4.98 Å². The number of fused-ring (bicyclic) bond motifs is 2. The van der Waals surface area contributed by atoms with Crippen LogP contribution in [0.25, 0.3) is 10.2 Å². The highest BCUT2D eigenvalue weighted by molar-refractivity contribution is 7.21. The van der Waals surface area contributed by atoms with E-state index in [4.69, 9.17) is 10.5 Å². The standard InChI is InChI=1S/C24H28N4O3S/c1-14-4-7-18-20(25)21(32-23(18)26-14)22(29)27-16-10-15-5-6-17(11-19(15)31-12-16)28-9-3-8-24(2,30)13-28/h4-7,11,16,30H,3,8-10,12-13,25H2,1-2H3,(H,27,29)/t16-,24+/m1/s1. The third-order valence-corrected chi connectivity index (χ3v) is 7.39. The van der Waals surface area contributed by atoms with E-state index in [9.17, 15) is 9.90 Å². The normalized spacial score (nSPS) is 23.0. The monoisotopic (exact) mass is 452 g/mol. The minimum atomic E-state index is -0.660. The van der Waals surface area contributed by atoms with Crippen molar-refractivity contribution in [2.45, 2.75) is 44.8 Å². The van der Waals surface area contributed by atoms with Crippen LogP contribution in [0.2, 0.25) is 0 Å². The number of amides is 1. The van der Waals surface area contributed by atoms with Crippen LogP contribution in [0.3, 0.4) is 0 Å². The van der Waals surface area contributed by atoms with Crippen molar-refractivity contribution in [3.05, 3.63) is 46.5 Å². The molecular formula is C24H28N4O3S. The van der Waals surface area contributed by atoms with Gasteiger partial charge in [0.2, 0.25) is 0 Å². The number of thiophene rings is 1. The molecule has 0 spiro atoms. The fraction of sp³-hybridized carbons (Fsp3) is 0.417. The SMILES string of the molecule is Cc1ccc2c(N)c(C(=O)N[C@H]3COc4cc(N5CCC[C@](C)(O)C5)ccc4C3)sc2n1. The molecule has 0 bridgehead atoms. The van der Waals surface area contributed by atoms with Crippen LogP contribution in [0.1, 0.15) is 40.7 Å². The molecule has 1 saturated heterocycles. The van der Waals surface area contributed by atoms with Crippen LogP contribution >= 0.6 is 11.3 Å². The Hall–Kier alpha value is -2.84. The first-order valence-electron chi connectivity index (χ1n) is 11.0. The van der Waals surface area contributed by atoms with Gasteiger partial charge in [-0.1, -0.05) is 6.07 Å². The largest absolute Gasteiger partial charge is 0.491 e. The minimum Gasteiger partial charge on any atom is -0.491 e. The molecule has 2 aliphatic rings. The van der Waals surface area contributed by atoms with E-state index in [1.54, 1.807) is 0 Å². The van der Waals surface area contributed by atoms with Gasteiger partial charge in [0, 0.05) is 35.9 Å². The summed E-state index contributed by atoms with van der Waals surface area (Å²) in [5.74, 6) is 0.659. The first kappa shape index (κ1) is 21.0. The lowest BCUT2D eigenvalue weighted by atomic mass is 9.94. The van der Waals surface area contributed by atoms with E-state index in [1.165, 1.54) is 11.3 Å². The number of nitrogens with two attached hydrogens (primary N) is 1. The van der Waals surface area contributed by atoms with Gasteiger partial charge >= 0.3 is 0 Å². The Morgan fingerprint density at radius 2 is 2.22 bits per heavy atom. The molecule has 8 heteroatoms. The van der Waals surface area contributed by atoms with Crippen LogP contribution in [0.4, 0.5) is 11.4 Å². The summed E-state index contributed by atoms with van der Waals surface area (Å²) >= 11 is 1.32. The molecule has 7 nitrogen and oxygen atoms in total. The maximum atomic E-state index is 12.9. The topological polar surface area (TPSA) is 101 Å². The van der Waals surface area contributed by atoms with E-state index in [2.05, 4.69) is 27.3 Å². The molecule has 0 unspecified atom stereocenters. The summed E-state index contributed by atoms with van der Waals surface area (Å²) in [5.41, 5.74) is 9.08. The number of hydrogen-bond donors (Lipinski definition) is 3. The first-order chi connectivity index (χ1) is 15.3. The lowest BCUT2D eigenvalue weighted by molar-refractivity contribution is 0.0449. The van der Waals surface area contributed by atoms with Gasteiger partial charge in [-0.15, -0.1) is 11.3 Å². The molecule has 4 N–H and O–H groups in total. The van der Waals surface area contributed by atoms with Gasteiger partial charge in [0.05, 0.1) is 17.3 Å². The second-order valence-electron chi connectivity index (χ2n) is 9.15. The zero-order valence-electron chi connectivity index (χ0n) is 18.4. The first-order valence-corrected chi connectivity index (χ1v) is 11.8. The van der Waals surface area contributed by atoms with E-state index in [0.717, 1.165) is 52.3 Å². The maximum Gasteiger partial charge on any atom is 0.263 e. The Morgan fingerprint density at radius 1 is 1.38 bits per heavy atom. The summed E-state index contributed by atoms with van der Waals surface area (Å²) in [4.78, 5) is 20.9. The number of pyridine rings is 1. The molecule has 5 rings (SSSR count). The molecule has 168 valence electrons. The predicted molar refractivity (Wildman–Crippen MR) is 128 cm³/mol. The van der Waals surface area contributed by atoms with Crippen molar-refractivity contribution in [3.8, 4) is 5.75 Å². The highest BCUT2D eigenvalue weighted by atomic mass is 32.1. The Labute approximate surface area is 191 Å². The Balaban J connectivity index is 1.29. The molecule has 32 heavy (non-hydrogen) atoms. The van der Waals surface area contributed by atoms with Crippen molar-refractivity contribution in [1.29, 1.82) is 0 Å². The summed E-state index contributed by atoms with van der Waals surface area (Å²) in [6.45, 7) is 5.77. The number of anilines is 2. The fourth-order valence-corrected chi connectivity index (χ4v) is 5.64. The summed E-state index contributed by atoms with van der Waals surface area (Å²) in [5, 5.41) is 14.3. The van der Waals surface area contributed by atoms with Gasteiger partial charge in [-0.05, 0) is 56.9 Å². The van der Waals surface area contributed by atoms with Crippen LogP contribution in [0, 0.1) is 6.92 Å². The quantitative estimate of drug-likeness (QED) is 0.564. The second-order valence-corrected chi connectivity index (χ2v) is 10.1. The predicted octanol–water partition coefficient (Wildman–Crippen LogP) is 3.27. The summed E-state index contributed by atoms with van der Waals surface area (Å²) in [6.07, 6.45) is 2.49. The number of aryl methyl sites for hydroxylation is 1. The number of carbonyl (C=O) groups is 1. The molecular weight excluding hydrogens is 424 g/mol. The Bertz CT molecular complexity index is 1190. The smallest absolute Gasteiger partial charge is 0.263 e. The third-order valence-electron chi connectivity index (χ3n) is 6.27. The number of aliphatic hydroxyl groups is 1. The number of hydrogen-bond acceptors (Lipinski definition) is 7. The molecule has 4 heterocycles. The Morgan fingerprint density at radius 3 is 3.03 bits per heavy atom. The maximum absolute atomic E-state index is 12.9. The number of β-amino-alcohol motifs (C(OH)–C–C–N with tert-alkyl or cyclic N) is 1. The third kappa shape index (κ3) is 4.00. The molecule has 2 aromatic heterocycles. The average molecular weight is 453 g/mol. The van der Waals surface area contributed by atoms with E-state index in [0.29, 0.717) is 30.1 Å². The van der Waals surface area contributed by atoms with E-state index >= 15 is 0 Å². The van der Waals surface area contributed by atoms with Crippen molar-refractivity contribution in [1.82, 2.24) is 10.3 Å². The highest BCUT2D eigenvalue weighted by Crippen LogP contribution is 2.34. The number of ether oxygens (including phenoxy) is 1. The molecule has 2 atom stereocenters. The van der Waals surface area contributed by atoms with Crippen molar-refractivity contribution in [2.24, 2.45) is 0 Å². The lowest BCUT2D eigenvalue weighted by Gasteiger charge is -2.38. The molecule has 1 aromatic carbocycles. The molecule has 1 amide bonds. The molecule has 0 radical (unpaired) electrons. The van der Waals surface area contributed by atoms with Gasteiger partial charge in [-0.3, -0.25) is 4.79 Å². The molecule has 0 saturated carbocycles. The van der Waals surface area contributed by atoms with Crippen LogP contribution in [0.5, 0.6) is 5.75 Å². The highest BCUT2D eigenvalue weighted by Gasteiger charge is 2.30. The number of piperidine rings is 1. The number of carbonyl (C=O) groups excluding carboxylic acids is 1. The van der Waals surface area contributed by atoms with Gasteiger partial charge in [0.1, 0.15) is 22.1 Å². The number of rotatable bonds is 3. The van der Waals surface area contributed by atoms with Gasteiger partial charge < -0.3 is 25.8 Å². The van der Waals surface area contributed by atoms with Gasteiger partial charge in [0.25, 0.3) is 5.91 Å². The molecule has 3 aromatic rings. The number of nitrogens with one attached hydrogen (secondary N) is 1. The van der Waals surface area contributed by atoms with E-state index < -0.39 is 5.60 Å². The number of aromatic nitrogens is 1. The van der Waals surface area contributed by atoms with Gasteiger partial charge in [0.15, 0.2) is 0 Å². The zero-order chi connectivity index (χ0) is 22.5. The van der Waals surface area contributed by atoms with Crippen LogP contribution in [0.15, 0.2) is 30.3 Å². The average Bonchev–Trinajstić information content (AvgIpc) is 3.08. The van der Waals surface area contributed by atoms with Crippen molar-refractivity contribution in [3.63, 3.8) is 0 Å². The zero-order valence-corrected chi connectivity index (χ0v) is 19.2. The fourth-order valence-electron chi connectivity index (χ4n) is 4.60. The van der Waals surface area contributed by atoms with Crippen molar-refractivity contribution < 1.29 is 14.6 Å². The van der Waals surface area contributed by atoms with Crippen LogP contribution < -0.4 is 20.7 Å². The van der Waals surface area contributed by atoms with Crippen LogP contribution in [-0.4, -0.2) is 47.3 Å². The number of nitrogens with zero attached hydrogens (tertiary/aromatic N) is 2. The van der Waals surface area contributed by atoms with Crippen molar-refractivity contribution >= 4 is 38.8 Å². The second kappa shape index (κ2) is 7.94.